The first-order chi connectivity index (χ1) is 3.62. The van der Waals surface area contributed by atoms with Gasteiger partial charge in [0.25, 0.3) is 0 Å². The molecule has 0 aromatic heterocycles. The lowest BCUT2D eigenvalue weighted by Crippen LogP contribution is -2.26. The van der Waals surface area contributed by atoms with Crippen LogP contribution >= 0.6 is 0 Å². The molecule has 0 rings (SSSR count). The summed E-state index contributed by atoms with van der Waals surface area (Å²) in [4.78, 5) is 0. The predicted molar refractivity (Wildman–Crippen MR) is 34.5 cm³/mol. The van der Waals surface area contributed by atoms with E-state index in [0.717, 1.165) is 6.42 Å². The van der Waals surface area contributed by atoms with E-state index in [9.17, 15) is 0 Å². The minimum Gasteiger partial charge on any atom is -0.361 e. The van der Waals surface area contributed by atoms with Gasteiger partial charge in [0.15, 0.2) is 0 Å². The van der Waals surface area contributed by atoms with Crippen LogP contribution in [0.4, 0.5) is 0 Å². The molecule has 0 spiro atoms. The summed E-state index contributed by atoms with van der Waals surface area (Å²) in [5.74, 6) is 0. The van der Waals surface area contributed by atoms with Crippen LogP contribution in [0.15, 0.2) is 0 Å². The number of hydrogen-bond acceptors (Lipinski definition) is 2. The molecule has 0 aliphatic rings. The third-order valence-corrected chi connectivity index (χ3v) is 1.33. The molecule has 0 aromatic rings. The lowest BCUT2D eigenvalue weighted by Gasteiger charge is -2.21. The molecule has 2 heteroatoms. The van der Waals surface area contributed by atoms with E-state index in [1.54, 1.807) is 0 Å². The van der Waals surface area contributed by atoms with Crippen LogP contribution < -0.4 is 5.73 Å². The first-order valence-corrected chi connectivity index (χ1v) is 2.96. The normalized spacial score (nSPS) is 12.0. The Morgan fingerprint density at radius 1 is 1.50 bits per heavy atom. The third kappa shape index (κ3) is 2.99. The van der Waals surface area contributed by atoms with E-state index in [2.05, 4.69) is 6.92 Å². The molecule has 0 amide bonds. The summed E-state index contributed by atoms with van der Waals surface area (Å²) in [5.41, 5.74) is 5.14. The minimum atomic E-state index is -0.0330. The topological polar surface area (TPSA) is 35.2 Å². The van der Waals surface area contributed by atoms with Gasteiger partial charge < -0.3 is 10.5 Å². The van der Waals surface area contributed by atoms with Crippen LogP contribution in [0.5, 0.6) is 0 Å². The molecule has 2 nitrogen and oxygen atoms in total. The maximum absolute atomic E-state index is 5.17. The largest absolute Gasteiger partial charge is 0.361 e. The van der Waals surface area contributed by atoms with Crippen molar-refractivity contribution >= 4 is 0 Å². The summed E-state index contributed by atoms with van der Waals surface area (Å²) in [6.07, 6.45) is 1.00. The molecule has 8 heavy (non-hydrogen) atoms. The molecule has 0 saturated carbocycles. The van der Waals surface area contributed by atoms with Crippen LogP contribution in [0.25, 0.3) is 0 Å². The van der Waals surface area contributed by atoms with Crippen LogP contribution in [0.3, 0.4) is 0 Å². The molecule has 0 fully saturated rings. The molecule has 0 bridgehead atoms. The van der Waals surface area contributed by atoms with Gasteiger partial charge in [0.2, 0.25) is 0 Å². The van der Waals surface area contributed by atoms with Gasteiger partial charge in [-0.3, -0.25) is 0 Å². The first kappa shape index (κ1) is 7.92. The van der Waals surface area contributed by atoms with Gasteiger partial charge >= 0.3 is 0 Å². The second kappa shape index (κ2) is 3.05. The Hall–Kier alpha value is -0.0800. The number of rotatable bonds is 3. The predicted octanol–water partition coefficient (Wildman–Crippen LogP) is 1.11. The zero-order valence-electron chi connectivity index (χ0n) is 5.90. The fraction of sp³-hybridized carbons (Fsp3) is 1.00. The summed E-state index contributed by atoms with van der Waals surface area (Å²) in [6, 6.07) is 0. The highest BCUT2D eigenvalue weighted by atomic mass is 16.5. The zero-order chi connectivity index (χ0) is 6.62. The summed E-state index contributed by atoms with van der Waals surface area (Å²) in [6.45, 7) is 6.45. The summed E-state index contributed by atoms with van der Waals surface area (Å²) >= 11 is 0. The van der Waals surface area contributed by atoms with Gasteiger partial charge in [-0.25, -0.2) is 0 Å². The van der Waals surface area contributed by atoms with Crippen LogP contribution in [0, 0.1) is 0 Å². The van der Waals surface area contributed by atoms with Gasteiger partial charge in [0.1, 0.15) is 0 Å². The van der Waals surface area contributed by atoms with Crippen molar-refractivity contribution < 1.29 is 4.74 Å². The summed E-state index contributed by atoms with van der Waals surface area (Å²) in [7, 11) is 0. The van der Waals surface area contributed by atoms with Crippen molar-refractivity contribution in [3.8, 4) is 0 Å². The van der Waals surface area contributed by atoms with Crippen LogP contribution in [0.2, 0.25) is 0 Å². The molecule has 0 saturated heterocycles. The van der Waals surface area contributed by atoms with Gasteiger partial charge in [-0.15, -0.1) is 0 Å². The quantitative estimate of drug-likeness (QED) is 0.562. The van der Waals surface area contributed by atoms with E-state index in [0.29, 0.717) is 6.73 Å². The Morgan fingerprint density at radius 3 is 2.12 bits per heavy atom. The average molecular weight is 117 g/mol. The molecular formula is C6H15NO. The number of ether oxygens (including phenoxy) is 1. The van der Waals surface area contributed by atoms with Crippen LogP contribution in [-0.4, -0.2) is 12.3 Å². The van der Waals surface area contributed by atoms with Gasteiger partial charge in [-0.1, -0.05) is 6.92 Å². The van der Waals surface area contributed by atoms with E-state index in [1.165, 1.54) is 0 Å². The second-order valence-corrected chi connectivity index (χ2v) is 2.42. The molecule has 0 heterocycles. The standard InChI is InChI=1S/C6H15NO/c1-4-6(2,3)8-5-7/h4-5,7H2,1-3H3. The van der Waals surface area contributed by atoms with E-state index in [-0.39, 0.29) is 5.60 Å². The monoisotopic (exact) mass is 117 g/mol. The van der Waals surface area contributed by atoms with Crippen molar-refractivity contribution in [3.63, 3.8) is 0 Å². The first-order valence-electron chi connectivity index (χ1n) is 2.96. The van der Waals surface area contributed by atoms with Crippen molar-refractivity contribution in [2.75, 3.05) is 6.73 Å². The molecule has 0 aliphatic carbocycles. The molecule has 0 atom stereocenters. The van der Waals surface area contributed by atoms with Crippen LogP contribution in [0.1, 0.15) is 27.2 Å². The third-order valence-electron chi connectivity index (χ3n) is 1.33. The van der Waals surface area contributed by atoms with E-state index in [4.69, 9.17) is 10.5 Å². The van der Waals surface area contributed by atoms with Crippen molar-refractivity contribution in [2.24, 2.45) is 5.73 Å². The molecule has 0 aromatic carbocycles. The lowest BCUT2D eigenvalue weighted by molar-refractivity contribution is -0.0164. The van der Waals surface area contributed by atoms with Crippen LogP contribution in [-0.2, 0) is 4.74 Å². The Balaban J connectivity index is 3.37. The van der Waals surface area contributed by atoms with E-state index in [1.807, 2.05) is 13.8 Å². The van der Waals surface area contributed by atoms with Gasteiger partial charge in [0.05, 0.1) is 12.3 Å². The molecule has 0 unspecified atom stereocenters. The van der Waals surface area contributed by atoms with Crippen molar-refractivity contribution in [2.45, 2.75) is 32.8 Å². The molecule has 50 valence electrons. The Labute approximate surface area is 51.0 Å². The summed E-state index contributed by atoms with van der Waals surface area (Å²) < 4.78 is 5.16. The maximum Gasteiger partial charge on any atom is 0.0947 e. The maximum atomic E-state index is 5.17. The molecule has 2 N–H and O–H groups in total. The van der Waals surface area contributed by atoms with Gasteiger partial charge in [0, 0.05) is 0 Å². The van der Waals surface area contributed by atoms with E-state index < -0.39 is 0 Å². The zero-order valence-corrected chi connectivity index (χ0v) is 5.90. The van der Waals surface area contributed by atoms with Gasteiger partial charge in [-0.05, 0) is 20.3 Å². The highest BCUT2D eigenvalue weighted by molar-refractivity contribution is 4.63. The lowest BCUT2D eigenvalue weighted by atomic mass is 10.1. The number of hydrogen-bond donors (Lipinski definition) is 1. The highest BCUT2D eigenvalue weighted by Gasteiger charge is 2.12. The van der Waals surface area contributed by atoms with Crippen molar-refractivity contribution in [3.05, 3.63) is 0 Å². The smallest absolute Gasteiger partial charge is 0.0947 e. The van der Waals surface area contributed by atoms with Crippen molar-refractivity contribution in [1.29, 1.82) is 0 Å². The Kier molecular flexibility index (Phi) is 3.02. The Morgan fingerprint density at radius 2 is 2.00 bits per heavy atom. The molecular weight excluding hydrogens is 102 g/mol. The highest BCUT2D eigenvalue weighted by Crippen LogP contribution is 2.11. The Bertz CT molecular complexity index is 61.5. The molecule has 0 radical (unpaired) electrons. The fourth-order valence-corrected chi connectivity index (χ4v) is 0.328. The van der Waals surface area contributed by atoms with E-state index >= 15 is 0 Å². The molecule has 0 aliphatic heterocycles. The summed E-state index contributed by atoms with van der Waals surface area (Å²) in [5, 5.41) is 0. The van der Waals surface area contributed by atoms with Gasteiger partial charge in [-0.2, -0.15) is 0 Å². The number of nitrogens with two attached hydrogens (primary N) is 1. The SMILES string of the molecule is CCC(C)(C)OCN. The average Bonchev–Trinajstić information content (AvgIpc) is 1.67. The fourth-order valence-electron chi connectivity index (χ4n) is 0.328. The minimum absolute atomic E-state index is 0.0330. The second-order valence-electron chi connectivity index (χ2n) is 2.42. The van der Waals surface area contributed by atoms with Crippen molar-refractivity contribution in [1.82, 2.24) is 0 Å².